The maximum Gasteiger partial charge on any atom is 0.101 e. The third kappa shape index (κ3) is 4.31. The van der Waals surface area contributed by atoms with Crippen LogP contribution in [0.15, 0.2) is 23.8 Å². The van der Waals surface area contributed by atoms with Gasteiger partial charge in [0.25, 0.3) is 0 Å². The molecule has 1 atom stereocenters. The quantitative estimate of drug-likeness (QED) is 0.632. The summed E-state index contributed by atoms with van der Waals surface area (Å²) in [6, 6.07) is 0. The highest BCUT2D eigenvalue weighted by molar-refractivity contribution is 5.17. The van der Waals surface area contributed by atoms with Gasteiger partial charge in [-0.1, -0.05) is 23.8 Å². The maximum absolute atomic E-state index is 9.37. The molecule has 0 aromatic heterocycles. The molecule has 0 aromatic rings. The van der Waals surface area contributed by atoms with Gasteiger partial charge in [-0.05, 0) is 27.7 Å². The molecule has 0 rings (SSSR count). The first-order valence-electron chi connectivity index (χ1n) is 4.09. The van der Waals surface area contributed by atoms with Crippen LogP contribution >= 0.6 is 0 Å². The monoisotopic (exact) mass is 170 g/mol. The Morgan fingerprint density at radius 3 is 2.25 bits per heavy atom. The molecule has 0 fully saturated rings. The van der Waals surface area contributed by atoms with E-state index in [1.807, 2.05) is 19.9 Å². The first-order valence-corrected chi connectivity index (χ1v) is 4.09. The molecule has 0 radical (unpaired) electrons. The van der Waals surface area contributed by atoms with Crippen molar-refractivity contribution in [3.63, 3.8) is 0 Å². The van der Waals surface area contributed by atoms with Crippen LogP contribution in [0.25, 0.3) is 0 Å². The summed E-state index contributed by atoms with van der Waals surface area (Å²) < 4.78 is 0. The second-order valence-electron chi connectivity index (χ2n) is 3.49. The molecule has 0 aliphatic carbocycles. The molecule has 12 heavy (non-hydrogen) atoms. The summed E-state index contributed by atoms with van der Waals surface area (Å²) in [7, 11) is 0. The van der Waals surface area contributed by atoms with Gasteiger partial charge < -0.3 is 10.2 Å². The average Bonchev–Trinajstić information content (AvgIpc) is 1.97. The van der Waals surface area contributed by atoms with Crippen molar-refractivity contribution >= 4 is 0 Å². The fourth-order valence-electron chi connectivity index (χ4n) is 0.575. The van der Waals surface area contributed by atoms with E-state index in [1.54, 1.807) is 26.0 Å². The standard InChI is InChI=1S/C10H18O2/c1-5-8(2)6-7-9(11)10(3,4)12/h5-7,9,11-12H,1-4H3/b7-6+,8-5+. The van der Waals surface area contributed by atoms with Gasteiger partial charge >= 0.3 is 0 Å². The van der Waals surface area contributed by atoms with Gasteiger partial charge in [-0.25, -0.2) is 0 Å². The first kappa shape index (κ1) is 11.4. The van der Waals surface area contributed by atoms with Gasteiger partial charge in [0.2, 0.25) is 0 Å². The van der Waals surface area contributed by atoms with Crippen LogP contribution < -0.4 is 0 Å². The minimum Gasteiger partial charge on any atom is -0.387 e. The van der Waals surface area contributed by atoms with Crippen LogP contribution in [0.4, 0.5) is 0 Å². The summed E-state index contributed by atoms with van der Waals surface area (Å²) in [5.41, 5.74) is 0.00291. The highest BCUT2D eigenvalue weighted by Gasteiger charge is 2.21. The molecule has 2 nitrogen and oxygen atoms in total. The highest BCUT2D eigenvalue weighted by Crippen LogP contribution is 2.10. The molecular formula is C10H18O2. The van der Waals surface area contributed by atoms with E-state index in [2.05, 4.69) is 0 Å². The lowest BCUT2D eigenvalue weighted by Crippen LogP contribution is -2.34. The van der Waals surface area contributed by atoms with Crippen LogP contribution in [-0.4, -0.2) is 21.9 Å². The molecule has 70 valence electrons. The fourth-order valence-corrected chi connectivity index (χ4v) is 0.575. The Bertz CT molecular complexity index is 185. The van der Waals surface area contributed by atoms with Gasteiger partial charge in [0.05, 0.1) is 5.60 Å². The van der Waals surface area contributed by atoms with Crippen LogP contribution in [0, 0.1) is 0 Å². The van der Waals surface area contributed by atoms with E-state index in [-0.39, 0.29) is 0 Å². The number of hydrogen-bond donors (Lipinski definition) is 2. The topological polar surface area (TPSA) is 40.5 Å². The minimum atomic E-state index is -1.06. The van der Waals surface area contributed by atoms with Crippen molar-refractivity contribution in [1.82, 2.24) is 0 Å². The molecule has 0 aliphatic rings. The Hall–Kier alpha value is -0.600. The minimum absolute atomic E-state index is 0.813. The zero-order valence-electron chi connectivity index (χ0n) is 8.20. The zero-order chi connectivity index (χ0) is 9.78. The summed E-state index contributed by atoms with van der Waals surface area (Å²) in [6.07, 6.45) is 4.51. The van der Waals surface area contributed by atoms with Crippen molar-refractivity contribution in [1.29, 1.82) is 0 Å². The summed E-state index contributed by atoms with van der Waals surface area (Å²) in [4.78, 5) is 0. The number of aliphatic hydroxyl groups excluding tert-OH is 1. The van der Waals surface area contributed by atoms with E-state index < -0.39 is 11.7 Å². The Morgan fingerprint density at radius 1 is 1.42 bits per heavy atom. The maximum atomic E-state index is 9.37. The molecule has 0 spiro atoms. The van der Waals surface area contributed by atoms with Crippen molar-refractivity contribution in [3.8, 4) is 0 Å². The first-order chi connectivity index (χ1) is 5.38. The van der Waals surface area contributed by atoms with Gasteiger partial charge in [-0.3, -0.25) is 0 Å². The molecule has 0 saturated carbocycles. The van der Waals surface area contributed by atoms with Crippen LogP contribution in [0.1, 0.15) is 27.7 Å². The highest BCUT2D eigenvalue weighted by atomic mass is 16.3. The largest absolute Gasteiger partial charge is 0.387 e. The summed E-state index contributed by atoms with van der Waals surface area (Å²) in [5.74, 6) is 0. The van der Waals surface area contributed by atoms with E-state index in [0.29, 0.717) is 0 Å². The lowest BCUT2D eigenvalue weighted by Gasteiger charge is -2.21. The number of aliphatic hydroxyl groups is 2. The third-order valence-electron chi connectivity index (χ3n) is 1.72. The predicted molar refractivity (Wildman–Crippen MR) is 50.9 cm³/mol. The molecule has 0 aromatic carbocycles. The second-order valence-corrected chi connectivity index (χ2v) is 3.49. The number of allylic oxidation sites excluding steroid dienone is 3. The van der Waals surface area contributed by atoms with Gasteiger partial charge in [0.15, 0.2) is 0 Å². The van der Waals surface area contributed by atoms with Gasteiger partial charge in [0.1, 0.15) is 6.10 Å². The lowest BCUT2D eigenvalue weighted by atomic mass is 10.0. The van der Waals surface area contributed by atoms with Gasteiger partial charge in [0, 0.05) is 0 Å². The Morgan fingerprint density at radius 2 is 1.92 bits per heavy atom. The molecule has 0 saturated heterocycles. The van der Waals surface area contributed by atoms with Crippen molar-refractivity contribution in [2.24, 2.45) is 0 Å². The molecule has 2 N–H and O–H groups in total. The molecular weight excluding hydrogens is 152 g/mol. The SMILES string of the molecule is C/C=C(C)/C=C/C(O)C(C)(C)O. The van der Waals surface area contributed by atoms with Crippen molar-refractivity contribution in [3.05, 3.63) is 23.8 Å². The van der Waals surface area contributed by atoms with Crippen LogP contribution in [0.2, 0.25) is 0 Å². The predicted octanol–water partition coefficient (Wildman–Crippen LogP) is 1.64. The van der Waals surface area contributed by atoms with Crippen LogP contribution in [0.5, 0.6) is 0 Å². The van der Waals surface area contributed by atoms with E-state index in [0.717, 1.165) is 5.57 Å². The van der Waals surface area contributed by atoms with Crippen LogP contribution in [-0.2, 0) is 0 Å². The molecule has 0 amide bonds. The Kier molecular flexibility index (Phi) is 4.21. The average molecular weight is 170 g/mol. The molecule has 0 heterocycles. The van der Waals surface area contributed by atoms with Crippen molar-refractivity contribution in [2.75, 3.05) is 0 Å². The molecule has 1 unspecified atom stereocenters. The van der Waals surface area contributed by atoms with E-state index in [1.165, 1.54) is 0 Å². The molecule has 0 bridgehead atoms. The van der Waals surface area contributed by atoms with Crippen molar-refractivity contribution < 1.29 is 10.2 Å². The summed E-state index contributed by atoms with van der Waals surface area (Å²) in [6.45, 7) is 7.02. The second kappa shape index (κ2) is 4.43. The molecule has 2 heteroatoms. The summed E-state index contributed by atoms with van der Waals surface area (Å²) >= 11 is 0. The third-order valence-corrected chi connectivity index (χ3v) is 1.72. The van der Waals surface area contributed by atoms with Crippen LogP contribution in [0.3, 0.4) is 0 Å². The van der Waals surface area contributed by atoms with Crippen molar-refractivity contribution in [2.45, 2.75) is 39.4 Å². The van der Waals surface area contributed by atoms with Gasteiger partial charge in [-0.2, -0.15) is 0 Å². The zero-order valence-corrected chi connectivity index (χ0v) is 8.20. The number of rotatable bonds is 3. The van der Waals surface area contributed by atoms with E-state index in [9.17, 15) is 10.2 Å². The van der Waals surface area contributed by atoms with E-state index >= 15 is 0 Å². The fraction of sp³-hybridized carbons (Fsp3) is 0.600. The molecule has 0 aliphatic heterocycles. The van der Waals surface area contributed by atoms with E-state index in [4.69, 9.17) is 0 Å². The lowest BCUT2D eigenvalue weighted by molar-refractivity contribution is -0.0226. The smallest absolute Gasteiger partial charge is 0.101 e. The van der Waals surface area contributed by atoms with Gasteiger partial charge in [-0.15, -0.1) is 0 Å². The Balaban J connectivity index is 4.18. The Labute approximate surface area is 74.2 Å². The normalized spacial score (nSPS) is 17.0. The number of hydrogen-bond acceptors (Lipinski definition) is 2. The summed E-state index contributed by atoms with van der Waals surface area (Å²) in [5, 5.41) is 18.7.